The standard InChI is InChI=1S/C15H18ClNO5/c16-11-1-3-12(4-2-11)22-9-13(18)17-10-15(14(19)20)5-7-21-8-6-15/h1-4H,5-10H2,(H,17,18)(H,19,20). The van der Waals surface area contributed by atoms with Crippen LogP contribution in [0.3, 0.4) is 0 Å². The molecule has 0 aliphatic carbocycles. The second-order valence-corrected chi connectivity index (χ2v) is 5.65. The van der Waals surface area contributed by atoms with E-state index < -0.39 is 11.4 Å². The molecule has 1 aromatic rings. The monoisotopic (exact) mass is 327 g/mol. The molecule has 0 radical (unpaired) electrons. The summed E-state index contributed by atoms with van der Waals surface area (Å²) in [4.78, 5) is 23.3. The number of ether oxygens (including phenoxy) is 2. The Balaban J connectivity index is 1.81. The molecule has 1 aliphatic rings. The number of carboxylic acids is 1. The van der Waals surface area contributed by atoms with E-state index in [1.54, 1.807) is 24.3 Å². The molecule has 7 heteroatoms. The van der Waals surface area contributed by atoms with Crippen LogP contribution >= 0.6 is 11.6 Å². The molecule has 0 aromatic heterocycles. The Morgan fingerprint density at radius 1 is 1.27 bits per heavy atom. The van der Waals surface area contributed by atoms with Crippen molar-refractivity contribution in [1.82, 2.24) is 5.32 Å². The second-order valence-electron chi connectivity index (χ2n) is 5.22. The summed E-state index contributed by atoms with van der Waals surface area (Å²) in [7, 11) is 0. The summed E-state index contributed by atoms with van der Waals surface area (Å²) in [6.45, 7) is 0.690. The van der Waals surface area contributed by atoms with Crippen molar-refractivity contribution in [3.05, 3.63) is 29.3 Å². The normalized spacial score (nSPS) is 16.8. The molecular weight excluding hydrogens is 310 g/mol. The molecule has 120 valence electrons. The Hall–Kier alpha value is -1.79. The number of rotatable bonds is 6. The molecule has 1 amide bonds. The quantitative estimate of drug-likeness (QED) is 0.831. The average Bonchev–Trinajstić information content (AvgIpc) is 2.53. The molecule has 2 rings (SSSR count). The first-order valence-electron chi connectivity index (χ1n) is 6.98. The van der Waals surface area contributed by atoms with E-state index in [1.165, 1.54) is 0 Å². The van der Waals surface area contributed by atoms with Crippen molar-refractivity contribution in [3.63, 3.8) is 0 Å². The highest BCUT2D eigenvalue weighted by Gasteiger charge is 2.40. The van der Waals surface area contributed by atoms with E-state index in [-0.39, 0.29) is 19.1 Å². The van der Waals surface area contributed by atoms with E-state index in [0.717, 1.165) is 0 Å². The molecule has 0 atom stereocenters. The van der Waals surface area contributed by atoms with Crippen LogP contribution in [0.1, 0.15) is 12.8 Å². The van der Waals surface area contributed by atoms with Gasteiger partial charge < -0.3 is 19.9 Å². The Kier molecular flexibility index (Phi) is 5.63. The van der Waals surface area contributed by atoms with Crippen LogP contribution in [0.5, 0.6) is 5.75 Å². The largest absolute Gasteiger partial charge is 0.484 e. The van der Waals surface area contributed by atoms with Gasteiger partial charge in [-0.05, 0) is 37.1 Å². The lowest BCUT2D eigenvalue weighted by Crippen LogP contribution is -2.47. The minimum Gasteiger partial charge on any atom is -0.484 e. The minimum atomic E-state index is -0.950. The molecule has 0 saturated carbocycles. The third-order valence-corrected chi connectivity index (χ3v) is 3.96. The summed E-state index contributed by atoms with van der Waals surface area (Å²) >= 11 is 5.75. The van der Waals surface area contributed by atoms with E-state index in [4.69, 9.17) is 21.1 Å². The lowest BCUT2D eigenvalue weighted by molar-refractivity contribution is -0.154. The van der Waals surface area contributed by atoms with Crippen LogP contribution in [0, 0.1) is 5.41 Å². The maximum atomic E-state index is 11.8. The maximum absolute atomic E-state index is 11.8. The lowest BCUT2D eigenvalue weighted by atomic mass is 9.80. The first kappa shape index (κ1) is 16.6. The van der Waals surface area contributed by atoms with Gasteiger partial charge in [0.15, 0.2) is 6.61 Å². The molecule has 0 unspecified atom stereocenters. The predicted octanol–water partition coefficient (Wildman–Crippen LogP) is 1.72. The van der Waals surface area contributed by atoms with Gasteiger partial charge >= 0.3 is 5.97 Å². The molecule has 22 heavy (non-hydrogen) atoms. The topological polar surface area (TPSA) is 84.9 Å². The number of amides is 1. The van der Waals surface area contributed by atoms with Gasteiger partial charge in [0, 0.05) is 24.8 Å². The number of nitrogens with one attached hydrogen (secondary N) is 1. The number of carboxylic acid groups (broad SMARTS) is 1. The van der Waals surface area contributed by atoms with Gasteiger partial charge in [0.05, 0.1) is 5.41 Å². The predicted molar refractivity (Wildman–Crippen MR) is 80.1 cm³/mol. The van der Waals surface area contributed by atoms with E-state index in [0.29, 0.717) is 36.8 Å². The number of benzene rings is 1. The van der Waals surface area contributed by atoms with E-state index in [2.05, 4.69) is 5.32 Å². The van der Waals surface area contributed by atoms with Crippen LogP contribution in [-0.4, -0.2) is 43.3 Å². The highest BCUT2D eigenvalue weighted by Crippen LogP contribution is 2.30. The first-order chi connectivity index (χ1) is 10.5. The average molecular weight is 328 g/mol. The fourth-order valence-corrected chi connectivity index (χ4v) is 2.35. The Bertz CT molecular complexity index is 525. The van der Waals surface area contributed by atoms with Crippen LogP contribution in [0.15, 0.2) is 24.3 Å². The van der Waals surface area contributed by atoms with Gasteiger partial charge in [-0.1, -0.05) is 11.6 Å². The highest BCUT2D eigenvalue weighted by molar-refractivity contribution is 6.30. The van der Waals surface area contributed by atoms with Crippen LogP contribution in [-0.2, 0) is 14.3 Å². The van der Waals surface area contributed by atoms with Crippen molar-refractivity contribution in [1.29, 1.82) is 0 Å². The third kappa shape index (κ3) is 4.35. The maximum Gasteiger partial charge on any atom is 0.311 e. The van der Waals surface area contributed by atoms with Gasteiger partial charge in [-0.3, -0.25) is 9.59 Å². The van der Waals surface area contributed by atoms with Gasteiger partial charge in [0.1, 0.15) is 5.75 Å². The zero-order chi connectivity index (χ0) is 16.0. The van der Waals surface area contributed by atoms with Crippen molar-refractivity contribution >= 4 is 23.5 Å². The molecule has 1 fully saturated rings. The Morgan fingerprint density at radius 2 is 1.91 bits per heavy atom. The van der Waals surface area contributed by atoms with E-state index >= 15 is 0 Å². The van der Waals surface area contributed by atoms with E-state index in [1.807, 2.05) is 0 Å². The smallest absolute Gasteiger partial charge is 0.311 e. The number of aliphatic carboxylic acids is 1. The third-order valence-electron chi connectivity index (χ3n) is 3.71. The van der Waals surface area contributed by atoms with Gasteiger partial charge in [-0.15, -0.1) is 0 Å². The number of hydrogen-bond donors (Lipinski definition) is 2. The molecule has 1 aliphatic heterocycles. The SMILES string of the molecule is O=C(COc1ccc(Cl)cc1)NCC1(C(=O)O)CCOCC1. The van der Waals surface area contributed by atoms with Crippen LogP contribution in [0.2, 0.25) is 5.02 Å². The molecule has 0 spiro atoms. The minimum absolute atomic E-state index is 0.0779. The van der Waals surface area contributed by atoms with Crippen molar-refractivity contribution < 1.29 is 24.2 Å². The Labute approximate surface area is 133 Å². The second kappa shape index (κ2) is 7.47. The number of carbonyl (C=O) groups excluding carboxylic acids is 1. The zero-order valence-corrected chi connectivity index (χ0v) is 12.8. The fourth-order valence-electron chi connectivity index (χ4n) is 2.23. The zero-order valence-electron chi connectivity index (χ0n) is 12.0. The fraction of sp³-hybridized carbons (Fsp3) is 0.467. The molecule has 0 bridgehead atoms. The van der Waals surface area contributed by atoms with Crippen molar-refractivity contribution in [2.75, 3.05) is 26.4 Å². The molecule has 1 heterocycles. The van der Waals surface area contributed by atoms with Crippen LogP contribution in [0.25, 0.3) is 0 Å². The summed E-state index contributed by atoms with van der Waals surface area (Å²) in [6, 6.07) is 6.64. The lowest BCUT2D eigenvalue weighted by Gasteiger charge is -2.33. The van der Waals surface area contributed by atoms with Gasteiger partial charge in [0.25, 0.3) is 5.91 Å². The van der Waals surface area contributed by atoms with E-state index in [9.17, 15) is 14.7 Å². The van der Waals surface area contributed by atoms with Gasteiger partial charge in [-0.2, -0.15) is 0 Å². The Morgan fingerprint density at radius 3 is 2.50 bits per heavy atom. The molecule has 2 N–H and O–H groups in total. The summed E-state index contributed by atoms with van der Waals surface area (Å²) in [5.74, 6) is -0.740. The molecule has 1 saturated heterocycles. The molecule has 6 nitrogen and oxygen atoms in total. The van der Waals surface area contributed by atoms with Crippen LogP contribution < -0.4 is 10.1 Å². The summed E-state index contributed by atoms with van der Waals surface area (Å²) in [6.07, 6.45) is 0.779. The van der Waals surface area contributed by atoms with Crippen molar-refractivity contribution in [2.45, 2.75) is 12.8 Å². The van der Waals surface area contributed by atoms with Crippen LogP contribution in [0.4, 0.5) is 0 Å². The van der Waals surface area contributed by atoms with Gasteiger partial charge in [-0.25, -0.2) is 0 Å². The summed E-state index contributed by atoms with van der Waals surface area (Å²) < 4.78 is 10.5. The number of halogens is 1. The van der Waals surface area contributed by atoms with Crippen molar-refractivity contribution in [2.24, 2.45) is 5.41 Å². The number of hydrogen-bond acceptors (Lipinski definition) is 4. The van der Waals surface area contributed by atoms with Crippen molar-refractivity contribution in [3.8, 4) is 5.75 Å². The van der Waals surface area contributed by atoms with Gasteiger partial charge in [0.2, 0.25) is 0 Å². The number of carbonyl (C=O) groups is 2. The highest BCUT2D eigenvalue weighted by atomic mass is 35.5. The summed E-state index contributed by atoms with van der Waals surface area (Å²) in [5, 5.41) is 12.6. The summed E-state index contributed by atoms with van der Waals surface area (Å²) in [5.41, 5.74) is -0.950. The first-order valence-corrected chi connectivity index (χ1v) is 7.36. The molecule has 1 aromatic carbocycles. The molecular formula is C15H18ClNO5.